The van der Waals surface area contributed by atoms with E-state index in [1.54, 1.807) is 11.3 Å². The molecule has 0 saturated heterocycles. The molecule has 1 aromatic rings. The first-order valence-corrected chi connectivity index (χ1v) is 7.93. The number of carboxylic acid groups (broad SMARTS) is 1. The summed E-state index contributed by atoms with van der Waals surface area (Å²) in [5.41, 5.74) is -0.947. The number of aliphatic carboxylic acids is 1. The van der Waals surface area contributed by atoms with Crippen LogP contribution in [0.2, 0.25) is 0 Å². The summed E-state index contributed by atoms with van der Waals surface area (Å²) in [6, 6.07) is 3.92. The molecule has 1 aromatic heterocycles. The molecule has 0 spiro atoms. The standard InChI is InChI=1S/C15H23NO3S/c1-4-11(12-8-7-9-20-12)16-13(17)10-15(5-2,6-3)14(18)19/h7-9,11H,4-6,10H2,1-3H3,(H,16,17)(H,18,19). The summed E-state index contributed by atoms with van der Waals surface area (Å²) in [7, 11) is 0. The number of carbonyl (C=O) groups excluding carboxylic acids is 1. The molecule has 0 aliphatic rings. The lowest BCUT2D eigenvalue weighted by Crippen LogP contribution is -2.38. The minimum atomic E-state index is -0.947. The SMILES string of the molecule is CCC(NC(=O)CC(CC)(CC)C(=O)O)c1cccs1. The Balaban J connectivity index is 2.73. The average Bonchev–Trinajstić information content (AvgIpc) is 2.95. The van der Waals surface area contributed by atoms with E-state index in [0.29, 0.717) is 12.8 Å². The van der Waals surface area contributed by atoms with Gasteiger partial charge >= 0.3 is 5.97 Å². The van der Waals surface area contributed by atoms with Crippen LogP contribution in [0.4, 0.5) is 0 Å². The van der Waals surface area contributed by atoms with E-state index in [-0.39, 0.29) is 18.4 Å². The smallest absolute Gasteiger partial charge is 0.310 e. The van der Waals surface area contributed by atoms with E-state index in [4.69, 9.17) is 0 Å². The normalized spacial score (nSPS) is 12.9. The van der Waals surface area contributed by atoms with Crippen LogP contribution in [0.15, 0.2) is 17.5 Å². The van der Waals surface area contributed by atoms with Crippen LogP contribution in [-0.2, 0) is 9.59 Å². The first kappa shape index (κ1) is 16.7. The third kappa shape index (κ3) is 3.82. The first-order valence-electron chi connectivity index (χ1n) is 7.05. The molecule has 0 saturated carbocycles. The van der Waals surface area contributed by atoms with Crippen molar-refractivity contribution in [3.8, 4) is 0 Å². The van der Waals surface area contributed by atoms with Gasteiger partial charge in [-0.25, -0.2) is 0 Å². The minimum Gasteiger partial charge on any atom is -0.481 e. The minimum absolute atomic E-state index is 0.0253. The van der Waals surface area contributed by atoms with Crippen molar-refractivity contribution in [3.63, 3.8) is 0 Å². The van der Waals surface area contributed by atoms with Crippen molar-refractivity contribution in [1.29, 1.82) is 0 Å². The van der Waals surface area contributed by atoms with Gasteiger partial charge in [0, 0.05) is 11.3 Å². The zero-order chi connectivity index (χ0) is 15.2. The number of hydrogen-bond donors (Lipinski definition) is 2. The van der Waals surface area contributed by atoms with Crippen molar-refractivity contribution >= 4 is 23.2 Å². The number of thiophene rings is 1. The summed E-state index contributed by atoms with van der Waals surface area (Å²) in [6.07, 6.45) is 1.76. The molecule has 1 heterocycles. The Morgan fingerprint density at radius 3 is 2.40 bits per heavy atom. The second-order valence-electron chi connectivity index (χ2n) is 5.01. The Morgan fingerprint density at radius 1 is 1.35 bits per heavy atom. The van der Waals surface area contributed by atoms with Crippen LogP contribution in [0.1, 0.15) is 57.4 Å². The highest BCUT2D eigenvalue weighted by Gasteiger charge is 2.37. The van der Waals surface area contributed by atoms with Crippen molar-refractivity contribution in [1.82, 2.24) is 5.32 Å². The predicted octanol–water partition coefficient (Wildman–Crippen LogP) is 3.60. The molecule has 0 aliphatic heterocycles. The van der Waals surface area contributed by atoms with Gasteiger partial charge in [-0.3, -0.25) is 9.59 Å². The van der Waals surface area contributed by atoms with Crippen LogP contribution in [-0.4, -0.2) is 17.0 Å². The highest BCUT2D eigenvalue weighted by Crippen LogP contribution is 2.31. The molecular weight excluding hydrogens is 274 g/mol. The van der Waals surface area contributed by atoms with E-state index >= 15 is 0 Å². The molecule has 0 radical (unpaired) electrons. The van der Waals surface area contributed by atoms with Crippen molar-refractivity contribution in [2.75, 3.05) is 0 Å². The van der Waals surface area contributed by atoms with Crippen molar-refractivity contribution in [2.24, 2.45) is 5.41 Å². The molecule has 112 valence electrons. The summed E-state index contributed by atoms with van der Waals surface area (Å²) in [4.78, 5) is 24.7. The molecule has 20 heavy (non-hydrogen) atoms. The Labute approximate surface area is 124 Å². The maximum Gasteiger partial charge on any atom is 0.310 e. The first-order chi connectivity index (χ1) is 9.49. The van der Waals surface area contributed by atoms with Crippen molar-refractivity contribution in [3.05, 3.63) is 22.4 Å². The fraction of sp³-hybridized carbons (Fsp3) is 0.600. The number of amides is 1. The van der Waals surface area contributed by atoms with E-state index in [9.17, 15) is 14.7 Å². The Morgan fingerprint density at radius 2 is 2.00 bits per heavy atom. The molecule has 1 atom stereocenters. The second kappa shape index (κ2) is 7.43. The number of carbonyl (C=O) groups is 2. The van der Waals surface area contributed by atoms with Crippen LogP contribution in [0.25, 0.3) is 0 Å². The van der Waals surface area contributed by atoms with Gasteiger partial charge in [0.25, 0.3) is 0 Å². The molecular formula is C15H23NO3S. The third-order valence-corrected chi connectivity index (χ3v) is 4.92. The van der Waals surface area contributed by atoms with E-state index in [0.717, 1.165) is 11.3 Å². The molecule has 1 unspecified atom stereocenters. The van der Waals surface area contributed by atoms with Crippen LogP contribution in [0.5, 0.6) is 0 Å². The zero-order valence-corrected chi connectivity index (χ0v) is 13.1. The largest absolute Gasteiger partial charge is 0.481 e. The Hall–Kier alpha value is -1.36. The summed E-state index contributed by atoms with van der Waals surface area (Å²) in [5, 5.41) is 14.3. The fourth-order valence-electron chi connectivity index (χ4n) is 2.29. The number of carboxylic acids is 1. The highest BCUT2D eigenvalue weighted by atomic mass is 32.1. The Kier molecular flexibility index (Phi) is 6.20. The topological polar surface area (TPSA) is 66.4 Å². The number of hydrogen-bond acceptors (Lipinski definition) is 3. The summed E-state index contributed by atoms with van der Waals surface area (Å²) in [6.45, 7) is 5.65. The molecule has 2 N–H and O–H groups in total. The van der Waals surface area contributed by atoms with Gasteiger partial charge in [0.2, 0.25) is 5.91 Å². The van der Waals surface area contributed by atoms with Gasteiger partial charge in [-0.2, -0.15) is 0 Å². The summed E-state index contributed by atoms with van der Waals surface area (Å²) < 4.78 is 0. The maximum absolute atomic E-state index is 12.2. The lowest BCUT2D eigenvalue weighted by Gasteiger charge is -2.27. The molecule has 0 bridgehead atoms. The van der Waals surface area contributed by atoms with Gasteiger partial charge in [-0.1, -0.05) is 26.8 Å². The molecule has 4 nitrogen and oxygen atoms in total. The van der Waals surface area contributed by atoms with Crippen LogP contribution in [0, 0.1) is 5.41 Å². The lowest BCUT2D eigenvalue weighted by molar-refractivity contribution is -0.152. The van der Waals surface area contributed by atoms with E-state index in [2.05, 4.69) is 5.32 Å². The second-order valence-corrected chi connectivity index (χ2v) is 5.99. The van der Waals surface area contributed by atoms with Crippen LogP contribution in [0.3, 0.4) is 0 Å². The van der Waals surface area contributed by atoms with Gasteiger partial charge in [-0.15, -0.1) is 11.3 Å². The quantitative estimate of drug-likeness (QED) is 0.770. The summed E-state index contributed by atoms with van der Waals surface area (Å²) in [5.74, 6) is -1.07. The van der Waals surface area contributed by atoms with Crippen molar-refractivity contribution in [2.45, 2.75) is 52.5 Å². The van der Waals surface area contributed by atoms with Gasteiger partial charge in [0.05, 0.1) is 11.5 Å². The molecule has 5 heteroatoms. The third-order valence-electron chi connectivity index (χ3n) is 3.94. The zero-order valence-electron chi connectivity index (χ0n) is 12.3. The lowest BCUT2D eigenvalue weighted by atomic mass is 9.79. The highest BCUT2D eigenvalue weighted by molar-refractivity contribution is 7.10. The Bertz CT molecular complexity index is 438. The molecule has 0 fully saturated rings. The van der Waals surface area contributed by atoms with Gasteiger partial charge < -0.3 is 10.4 Å². The maximum atomic E-state index is 12.2. The number of rotatable bonds is 8. The van der Waals surface area contributed by atoms with Gasteiger partial charge in [-0.05, 0) is 30.7 Å². The molecule has 0 aromatic carbocycles. The molecule has 1 amide bonds. The average molecular weight is 297 g/mol. The number of nitrogens with one attached hydrogen (secondary N) is 1. The predicted molar refractivity (Wildman–Crippen MR) is 80.8 cm³/mol. The monoisotopic (exact) mass is 297 g/mol. The van der Waals surface area contributed by atoms with Gasteiger partial charge in [0.1, 0.15) is 0 Å². The van der Waals surface area contributed by atoms with Crippen LogP contribution < -0.4 is 5.32 Å². The summed E-state index contributed by atoms with van der Waals surface area (Å²) >= 11 is 1.60. The van der Waals surface area contributed by atoms with E-state index < -0.39 is 11.4 Å². The van der Waals surface area contributed by atoms with Gasteiger partial charge in [0.15, 0.2) is 0 Å². The van der Waals surface area contributed by atoms with E-state index in [1.165, 1.54) is 0 Å². The van der Waals surface area contributed by atoms with E-state index in [1.807, 2.05) is 38.3 Å². The van der Waals surface area contributed by atoms with Crippen molar-refractivity contribution < 1.29 is 14.7 Å². The molecule has 0 aliphatic carbocycles. The van der Waals surface area contributed by atoms with Crippen LogP contribution >= 0.6 is 11.3 Å². The fourth-order valence-corrected chi connectivity index (χ4v) is 3.16. The molecule has 1 rings (SSSR count).